The lowest BCUT2D eigenvalue weighted by Gasteiger charge is -2.33. The summed E-state index contributed by atoms with van der Waals surface area (Å²) in [4.78, 5) is 16.3. The van der Waals surface area contributed by atoms with Crippen LogP contribution in [0.25, 0.3) is 0 Å². The second-order valence-electron chi connectivity index (χ2n) is 8.58. The number of halogens is 1. The first-order valence-corrected chi connectivity index (χ1v) is 11.0. The van der Waals surface area contributed by atoms with E-state index in [1.807, 2.05) is 30.3 Å². The zero-order chi connectivity index (χ0) is 21.8. The van der Waals surface area contributed by atoms with Gasteiger partial charge in [0.05, 0.1) is 32.2 Å². The topological polar surface area (TPSA) is 55.2 Å². The number of hydrogen-bond acceptors (Lipinski definition) is 4. The van der Waals surface area contributed by atoms with E-state index in [0.717, 1.165) is 48.9 Å². The van der Waals surface area contributed by atoms with Crippen LogP contribution in [0.1, 0.15) is 25.5 Å². The van der Waals surface area contributed by atoms with E-state index in [2.05, 4.69) is 24.1 Å². The van der Waals surface area contributed by atoms with Gasteiger partial charge >= 0.3 is 0 Å². The number of benzene rings is 2. The first-order valence-electron chi connectivity index (χ1n) is 11.0. The number of nitrogens with one attached hydrogen (secondary N) is 2. The zero-order valence-corrected chi connectivity index (χ0v) is 18.2. The highest BCUT2D eigenvalue weighted by atomic mass is 19.1. The molecule has 2 heterocycles. The van der Waals surface area contributed by atoms with Crippen LogP contribution in [-0.2, 0) is 4.79 Å². The molecule has 0 aromatic heterocycles. The van der Waals surface area contributed by atoms with Crippen LogP contribution < -0.4 is 24.6 Å². The van der Waals surface area contributed by atoms with Crippen LogP contribution in [0.3, 0.4) is 0 Å². The summed E-state index contributed by atoms with van der Waals surface area (Å²) in [7, 11) is 0. The van der Waals surface area contributed by atoms with Gasteiger partial charge in [-0.2, -0.15) is 0 Å². The van der Waals surface area contributed by atoms with Crippen molar-refractivity contribution < 1.29 is 23.6 Å². The molecule has 0 radical (unpaired) electrons. The highest BCUT2D eigenvalue weighted by Gasteiger charge is 2.26. The van der Waals surface area contributed by atoms with Gasteiger partial charge < -0.3 is 24.6 Å². The predicted molar refractivity (Wildman–Crippen MR) is 117 cm³/mol. The molecule has 2 aliphatic rings. The number of hydrogen-bond donors (Lipinski definition) is 2. The molecule has 1 saturated heterocycles. The number of quaternary nitrogens is 1. The van der Waals surface area contributed by atoms with Crippen LogP contribution in [-0.4, -0.2) is 51.8 Å². The lowest BCUT2D eigenvalue weighted by Crippen LogP contribution is -3.16. The van der Waals surface area contributed by atoms with Crippen LogP contribution >= 0.6 is 0 Å². The Labute approximate surface area is 182 Å². The Kier molecular flexibility index (Phi) is 6.61. The first-order chi connectivity index (χ1) is 15.0. The molecule has 7 heteroatoms. The largest absolute Gasteiger partial charge is 0.486 e. The minimum absolute atomic E-state index is 0.0545. The van der Waals surface area contributed by atoms with Crippen molar-refractivity contribution in [2.24, 2.45) is 5.92 Å². The SMILES string of the molecule is CC(C)[C@H](NC(=O)C[NH+]1CCN(c2ccc(F)cc2)CC1)c1ccc2c(c1)OCCO2. The molecule has 4 rings (SSSR count). The third-order valence-electron chi connectivity index (χ3n) is 5.98. The molecule has 0 saturated carbocycles. The Morgan fingerprint density at radius 2 is 1.74 bits per heavy atom. The van der Waals surface area contributed by atoms with Gasteiger partial charge in [0.15, 0.2) is 18.0 Å². The van der Waals surface area contributed by atoms with Gasteiger partial charge in [0, 0.05) is 5.69 Å². The average molecular weight is 429 g/mol. The number of carbonyl (C=O) groups is 1. The molecular weight excluding hydrogens is 397 g/mol. The van der Waals surface area contributed by atoms with Crippen LogP contribution in [0.15, 0.2) is 42.5 Å². The van der Waals surface area contributed by atoms with Gasteiger partial charge in [-0.1, -0.05) is 19.9 Å². The molecule has 0 unspecified atom stereocenters. The van der Waals surface area contributed by atoms with Gasteiger partial charge in [-0.3, -0.25) is 4.79 Å². The lowest BCUT2D eigenvalue weighted by atomic mass is 9.95. The van der Waals surface area contributed by atoms with Crippen LogP contribution in [0.4, 0.5) is 10.1 Å². The van der Waals surface area contributed by atoms with Crippen molar-refractivity contribution in [3.8, 4) is 11.5 Å². The third-order valence-corrected chi connectivity index (χ3v) is 5.98. The van der Waals surface area contributed by atoms with E-state index in [1.54, 1.807) is 0 Å². The predicted octanol–water partition coefficient (Wildman–Crippen LogP) is 1.82. The molecule has 1 atom stereocenters. The molecular formula is C24H31FN3O3+. The Bertz CT molecular complexity index is 895. The summed E-state index contributed by atoms with van der Waals surface area (Å²) in [5.74, 6) is 1.58. The summed E-state index contributed by atoms with van der Waals surface area (Å²) in [5, 5.41) is 3.22. The molecule has 2 aromatic rings. The van der Waals surface area contributed by atoms with Crippen LogP contribution in [0.2, 0.25) is 0 Å². The summed E-state index contributed by atoms with van der Waals surface area (Å²) in [6, 6.07) is 12.4. The van der Waals surface area contributed by atoms with Gasteiger partial charge in [-0.25, -0.2) is 4.39 Å². The van der Waals surface area contributed by atoms with Crippen LogP contribution in [0.5, 0.6) is 11.5 Å². The fraction of sp³-hybridized carbons (Fsp3) is 0.458. The average Bonchev–Trinajstić information content (AvgIpc) is 2.78. The maximum absolute atomic E-state index is 13.1. The third kappa shape index (κ3) is 5.28. The molecule has 0 aliphatic carbocycles. The zero-order valence-electron chi connectivity index (χ0n) is 18.2. The standard InChI is InChI=1S/C24H30FN3O3/c1-17(2)24(18-3-8-21-22(15-18)31-14-13-30-21)26-23(29)16-27-9-11-28(12-10-27)20-6-4-19(25)5-7-20/h3-8,15,17,24H,9-14,16H2,1-2H3,(H,26,29)/p+1/t24-/m0/s1. The fourth-order valence-electron chi connectivity index (χ4n) is 4.25. The lowest BCUT2D eigenvalue weighted by molar-refractivity contribution is -0.892. The van der Waals surface area contributed by atoms with Gasteiger partial charge in [0.25, 0.3) is 5.91 Å². The monoisotopic (exact) mass is 428 g/mol. The molecule has 1 amide bonds. The number of nitrogens with zero attached hydrogens (tertiary/aromatic N) is 1. The fourth-order valence-corrected chi connectivity index (χ4v) is 4.25. The van der Waals surface area contributed by atoms with Crippen LogP contribution in [0, 0.1) is 11.7 Å². The van der Waals surface area contributed by atoms with Crippen molar-refractivity contribution in [3.63, 3.8) is 0 Å². The Hall–Kier alpha value is -2.80. The van der Waals surface area contributed by atoms with E-state index in [-0.39, 0.29) is 23.7 Å². The molecule has 2 N–H and O–H groups in total. The van der Waals surface area contributed by atoms with Crippen molar-refractivity contribution in [1.82, 2.24) is 5.32 Å². The van der Waals surface area contributed by atoms with Crippen molar-refractivity contribution in [3.05, 3.63) is 53.8 Å². The summed E-state index contributed by atoms with van der Waals surface area (Å²) in [5.41, 5.74) is 2.06. The smallest absolute Gasteiger partial charge is 0.275 e. The minimum atomic E-state index is -0.220. The minimum Gasteiger partial charge on any atom is -0.486 e. The summed E-state index contributed by atoms with van der Waals surface area (Å²) >= 11 is 0. The van der Waals surface area contributed by atoms with Crippen molar-refractivity contribution in [2.75, 3.05) is 50.8 Å². The number of ether oxygens (including phenoxy) is 2. The quantitative estimate of drug-likeness (QED) is 0.737. The van der Waals surface area contributed by atoms with Crippen molar-refractivity contribution in [1.29, 1.82) is 0 Å². The summed E-state index contributed by atoms with van der Waals surface area (Å²) < 4.78 is 24.5. The number of anilines is 1. The number of rotatable bonds is 6. The van der Waals surface area contributed by atoms with Gasteiger partial charge in [-0.05, 0) is 47.9 Å². The Balaban J connectivity index is 1.32. The van der Waals surface area contributed by atoms with E-state index in [4.69, 9.17) is 9.47 Å². The summed E-state index contributed by atoms with van der Waals surface area (Å²) in [6.45, 7) is 9.23. The van der Waals surface area contributed by atoms with Crippen molar-refractivity contribution in [2.45, 2.75) is 19.9 Å². The Morgan fingerprint density at radius 3 is 2.42 bits per heavy atom. The van der Waals surface area contributed by atoms with E-state index in [1.165, 1.54) is 17.0 Å². The molecule has 166 valence electrons. The second-order valence-corrected chi connectivity index (χ2v) is 8.58. The highest BCUT2D eigenvalue weighted by molar-refractivity contribution is 5.77. The molecule has 2 aromatic carbocycles. The molecule has 1 fully saturated rings. The number of fused-ring (bicyclic) bond motifs is 1. The Morgan fingerprint density at radius 1 is 1.06 bits per heavy atom. The van der Waals surface area contributed by atoms with E-state index >= 15 is 0 Å². The molecule has 0 bridgehead atoms. The normalized spacial score (nSPS) is 17.5. The van der Waals surface area contributed by atoms with E-state index < -0.39 is 0 Å². The van der Waals surface area contributed by atoms with E-state index in [0.29, 0.717) is 19.8 Å². The summed E-state index contributed by atoms with van der Waals surface area (Å²) in [6.07, 6.45) is 0. The number of piperazine rings is 1. The first kappa shape index (κ1) is 21.4. The molecule has 31 heavy (non-hydrogen) atoms. The number of amides is 1. The van der Waals surface area contributed by atoms with Crippen molar-refractivity contribution >= 4 is 11.6 Å². The van der Waals surface area contributed by atoms with Gasteiger partial charge in [0.1, 0.15) is 19.0 Å². The maximum Gasteiger partial charge on any atom is 0.275 e. The molecule has 0 spiro atoms. The van der Waals surface area contributed by atoms with Gasteiger partial charge in [0.2, 0.25) is 0 Å². The maximum atomic E-state index is 13.1. The second kappa shape index (κ2) is 9.56. The highest BCUT2D eigenvalue weighted by Crippen LogP contribution is 2.34. The van der Waals surface area contributed by atoms with E-state index in [9.17, 15) is 9.18 Å². The molecule has 2 aliphatic heterocycles. The van der Waals surface area contributed by atoms with Gasteiger partial charge in [-0.15, -0.1) is 0 Å². The molecule has 6 nitrogen and oxygen atoms in total. The number of carbonyl (C=O) groups excluding carboxylic acids is 1.